The van der Waals surface area contributed by atoms with Gasteiger partial charge in [0.1, 0.15) is 5.84 Å². The van der Waals surface area contributed by atoms with Crippen molar-refractivity contribution in [3.05, 3.63) is 71.0 Å². The van der Waals surface area contributed by atoms with Crippen LogP contribution in [0.2, 0.25) is 0 Å². The first kappa shape index (κ1) is 21.9. The van der Waals surface area contributed by atoms with Crippen LogP contribution in [0.25, 0.3) is 0 Å². The lowest BCUT2D eigenvalue weighted by Crippen LogP contribution is -2.24. The van der Waals surface area contributed by atoms with E-state index < -0.39 is 0 Å². The van der Waals surface area contributed by atoms with E-state index in [1.807, 2.05) is 6.92 Å². The van der Waals surface area contributed by atoms with Crippen LogP contribution >= 0.6 is 0 Å². The molecule has 0 saturated heterocycles. The van der Waals surface area contributed by atoms with E-state index in [-0.39, 0.29) is 0 Å². The summed E-state index contributed by atoms with van der Waals surface area (Å²) in [6, 6.07) is 8.77. The number of hydrogen-bond donors (Lipinski definition) is 1. The summed E-state index contributed by atoms with van der Waals surface area (Å²) in [6.07, 6.45) is 9.73. The maximum Gasteiger partial charge on any atom is 0.127 e. The topological polar surface area (TPSA) is 36.8 Å². The van der Waals surface area contributed by atoms with Gasteiger partial charge in [-0.3, -0.25) is 9.98 Å². The molecule has 28 heavy (non-hydrogen) atoms. The molecule has 2 rings (SSSR count). The minimum atomic E-state index is 0.804. The van der Waals surface area contributed by atoms with Crippen molar-refractivity contribution < 1.29 is 0 Å². The van der Waals surface area contributed by atoms with E-state index >= 15 is 0 Å². The maximum absolute atomic E-state index is 4.78. The molecule has 0 unspecified atom stereocenters. The molecule has 3 nitrogen and oxygen atoms in total. The SMILES string of the molecule is C=C(C)NC(=NCCCC)/C(=C\C)CCC1=CC(c2ccc(CC)cc2)=NC1. The van der Waals surface area contributed by atoms with E-state index in [0.29, 0.717) is 0 Å². The Morgan fingerprint density at radius 2 is 2.00 bits per heavy atom. The molecule has 0 amide bonds. The fraction of sp³-hybridized carbons (Fsp3) is 0.440. The Labute approximate surface area is 171 Å². The van der Waals surface area contributed by atoms with Gasteiger partial charge in [-0.1, -0.05) is 57.2 Å². The fourth-order valence-corrected chi connectivity index (χ4v) is 3.18. The molecular formula is C25H35N3. The summed E-state index contributed by atoms with van der Waals surface area (Å²) in [5.74, 6) is 0.971. The van der Waals surface area contributed by atoms with Gasteiger partial charge in [0, 0.05) is 12.2 Å². The average Bonchev–Trinajstić information content (AvgIpc) is 3.17. The first-order valence-electron chi connectivity index (χ1n) is 10.5. The van der Waals surface area contributed by atoms with Crippen LogP contribution in [0.1, 0.15) is 64.5 Å². The van der Waals surface area contributed by atoms with Crippen LogP contribution < -0.4 is 5.32 Å². The molecule has 1 aromatic carbocycles. The second-order valence-corrected chi connectivity index (χ2v) is 7.36. The molecule has 0 aromatic heterocycles. The van der Waals surface area contributed by atoms with E-state index in [9.17, 15) is 0 Å². The van der Waals surface area contributed by atoms with Crippen molar-refractivity contribution >= 4 is 11.5 Å². The standard InChI is InChI=1S/C25H35N3/c1-6-9-16-26-25(28-19(4)5)22(8-3)13-12-21-17-24(27-18-21)23-14-10-20(7-2)11-15-23/h8,10-11,14-15,17H,4,6-7,9,12-13,16,18H2,1-3,5H3,(H,26,28)/b22-8-. The summed E-state index contributed by atoms with van der Waals surface area (Å²) in [6.45, 7) is 14.1. The highest BCUT2D eigenvalue weighted by Gasteiger charge is 2.13. The van der Waals surface area contributed by atoms with Crippen molar-refractivity contribution in [3.63, 3.8) is 0 Å². The molecule has 0 aliphatic carbocycles. The summed E-state index contributed by atoms with van der Waals surface area (Å²) in [4.78, 5) is 9.52. The monoisotopic (exact) mass is 377 g/mol. The lowest BCUT2D eigenvalue weighted by atomic mass is 10.0. The quantitative estimate of drug-likeness (QED) is 0.302. The van der Waals surface area contributed by atoms with E-state index in [2.05, 4.69) is 69.1 Å². The maximum atomic E-state index is 4.78. The lowest BCUT2D eigenvalue weighted by Gasteiger charge is -2.14. The van der Waals surface area contributed by atoms with Crippen LogP contribution in [0.3, 0.4) is 0 Å². The number of unbranched alkanes of at least 4 members (excludes halogenated alkanes) is 1. The highest BCUT2D eigenvalue weighted by Crippen LogP contribution is 2.20. The van der Waals surface area contributed by atoms with Crippen molar-refractivity contribution in [2.24, 2.45) is 9.98 Å². The molecule has 0 spiro atoms. The van der Waals surface area contributed by atoms with Crippen molar-refractivity contribution in [3.8, 4) is 0 Å². The number of aliphatic imine (C=N–C) groups is 2. The summed E-state index contributed by atoms with van der Waals surface area (Å²) in [7, 11) is 0. The summed E-state index contributed by atoms with van der Waals surface area (Å²) in [5.41, 5.74) is 7.25. The Morgan fingerprint density at radius 1 is 1.25 bits per heavy atom. The minimum absolute atomic E-state index is 0.804. The van der Waals surface area contributed by atoms with Gasteiger partial charge in [-0.05, 0) is 67.9 Å². The first-order chi connectivity index (χ1) is 13.6. The summed E-state index contributed by atoms with van der Waals surface area (Å²) < 4.78 is 0. The Hall–Kier alpha value is -2.42. The van der Waals surface area contributed by atoms with Crippen LogP contribution in [0, 0.1) is 0 Å². The van der Waals surface area contributed by atoms with Gasteiger partial charge in [0.2, 0.25) is 0 Å². The van der Waals surface area contributed by atoms with E-state index in [0.717, 1.165) is 62.4 Å². The van der Waals surface area contributed by atoms with Crippen LogP contribution in [-0.2, 0) is 6.42 Å². The second-order valence-electron chi connectivity index (χ2n) is 7.36. The molecule has 0 fully saturated rings. The molecule has 1 heterocycles. The first-order valence-corrected chi connectivity index (χ1v) is 10.5. The predicted octanol–water partition coefficient (Wildman–Crippen LogP) is 6.03. The smallest absolute Gasteiger partial charge is 0.127 e. The number of allylic oxidation sites excluding steroid dienone is 3. The molecule has 0 bridgehead atoms. The molecule has 0 saturated carbocycles. The molecule has 3 heteroatoms. The zero-order valence-electron chi connectivity index (χ0n) is 18.0. The van der Waals surface area contributed by atoms with Gasteiger partial charge in [-0.15, -0.1) is 0 Å². The van der Waals surface area contributed by atoms with E-state index in [4.69, 9.17) is 9.98 Å². The Kier molecular flexibility index (Phi) is 8.93. The van der Waals surface area contributed by atoms with Gasteiger partial charge < -0.3 is 5.32 Å². The largest absolute Gasteiger partial charge is 0.345 e. The van der Waals surface area contributed by atoms with Gasteiger partial charge in [0.15, 0.2) is 0 Å². The van der Waals surface area contributed by atoms with Crippen LogP contribution in [0.5, 0.6) is 0 Å². The highest BCUT2D eigenvalue weighted by molar-refractivity contribution is 6.10. The number of aryl methyl sites for hydroxylation is 1. The number of rotatable bonds is 10. The number of nitrogens with zero attached hydrogens (tertiary/aromatic N) is 2. The van der Waals surface area contributed by atoms with Crippen molar-refractivity contribution in [1.82, 2.24) is 5.32 Å². The molecule has 0 atom stereocenters. The highest BCUT2D eigenvalue weighted by atomic mass is 15.0. The Balaban J connectivity index is 2.00. The lowest BCUT2D eigenvalue weighted by molar-refractivity contribution is 0.801. The molecule has 1 aliphatic heterocycles. The van der Waals surface area contributed by atoms with Crippen LogP contribution in [0.15, 0.2) is 69.8 Å². The van der Waals surface area contributed by atoms with Gasteiger partial charge in [-0.2, -0.15) is 0 Å². The average molecular weight is 378 g/mol. The number of nitrogens with one attached hydrogen (secondary N) is 1. The Bertz CT molecular complexity index is 777. The second kappa shape index (κ2) is 11.4. The predicted molar refractivity (Wildman–Crippen MR) is 123 cm³/mol. The van der Waals surface area contributed by atoms with Gasteiger partial charge in [0.25, 0.3) is 0 Å². The fourth-order valence-electron chi connectivity index (χ4n) is 3.18. The third kappa shape index (κ3) is 6.63. The molecular weight excluding hydrogens is 342 g/mol. The van der Waals surface area contributed by atoms with Crippen molar-refractivity contribution in [2.75, 3.05) is 13.1 Å². The molecule has 0 radical (unpaired) electrons. The van der Waals surface area contributed by atoms with Gasteiger partial charge in [0.05, 0.1) is 12.3 Å². The molecule has 1 aromatic rings. The van der Waals surface area contributed by atoms with Crippen LogP contribution in [0.4, 0.5) is 0 Å². The third-order valence-corrected chi connectivity index (χ3v) is 4.93. The molecule has 1 aliphatic rings. The van der Waals surface area contributed by atoms with E-state index in [1.165, 1.54) is 22.3 Å². The van der Waals surface area contributed by atoms with Gasteiger partial charge >= 0.3 is 0 Å². The third-order valence-electron chi connectivity index (χ3n) is 4.93. The van der Waals surface area contributed by atoms with Crippen molar-refractivity contribution in [1.29, 1.82) is 0 Å². The number of benzene rings is 1. The minimum Gasteiger partial charge on any atom is -0.345 e. The van der Waals surface area contributed by atoms with Crippen molar-refractivity contribution in [2.45, 2.75) is 59.8 Å². The summed E-state index contributed by atoms with van der Waals surface area (Å²) in [5, 5.41) is 3.35. The van der Waals surface area contributed by atoms with Crippen LogP contribution in [-0.4, -0.2) is 24.6 Å². The van der Waals surface area contributed by atoms with Gasteiger partial charge in [-0.25, -0.2) is 0 Å². The summed E-state index contributed by atoms with van der Waals surface area (Å²) >= 11 is 0. The molecule has 150 valence electrons. The number of hydrogen-bond acceptors (Lipinski definition) is 2. The molecule has 1 N–H and O–H groups in total. The Morgan fingerprint density at radius 3 is 2.61 bits per heavy atom. The van der Waals surface area contributed by atoms with E-state index in [1.54, 1.807) is 0 Å². The normalized spacial score (nSPS) is 14.7. The number of amidine groups is 1. The zero-order valence-corrected chi connectivity index (χ0v) is 18.0. The zero-order chi connectivity index (χ0) is 20.4.